The molecule has 110 valence electrons. The third-order valence-electron chi connectivity index (χ3n) is 3.90. The Morgan fingerprint density at radius 2 is 1.95 bits per heavy atom. The third-order valence-corrected chi connectivity index (χ3v) is 4.89. The Bertz CT molecular complexity index is 452. The molecule has 3 heteroatoms. The highest BCUT2D eigenvalue weighted by molar-refractivity contribution is 7.99. The van der Waals surface area contributed by atoms with Crippen molar-refractivity contribution in [1.29, 1.82) is 0 Å². The van der Waals surface area contributed by atoms with E-state index in [1.807, 2.05) is 0 Å². The van der Waals surface area contributed by atoms with Crippen molar-refractivity contribution in [2.45, 2.75) is 51.8 Å². The lowest BCUT2D eigenvalue weighted by atomic mass is 10.0. The molecular formula is C17H25NOS. The Hall–Kier alpha value is -0.960. The van der Waals surface area contributed by atoms with Gasteiger partial charge in [0.1, 0.15) is 0 Å². The minimum absolute atomic E-state index is 0.312. The van der Waals surface area contributed by atoms with Crippen LogP contribution in [-0.4, -0.2) is 29.1 Å². The standard InChI is InChI=1S/C17H25NOS/c1-13-8-14(2)10-16(9-13)11-20-12-17(19)18-7-5-4-6-15(18)3/h8-10,15H,4-7,11-12H2,1-3H3. The van der Waals surface area contributed by atoms with Crippen molar-refractivity contribution in [3.63, 3.8) is 0 Å². The lowest BCUT2D eigenvalue weighted by Crippen LogP contribution is -2.42. The van der Waals surface area contributed by atoms with Crippen LogP contribution in [0, 0.1) is 13.8 Å². The van der Waals surface area contributed by atoms with Crippen LogP contribution in [0.2, 0.25) is 0 Å². The molecule has 1 fully saturated rings. The molecule has 0 aromatic heterocycles. The lowest BCUT2D eigenvalue weighted by molar-refractivity contribution is -0.131. The molecule has 1 saturated heterocycles. The summed E-state index contributed by atoms with van der Waals surface area (Å²) in [5, 5.41) is 0. The Morgan fingerprint density at radius 1 is 1.25 bits per heavy atom. The van der Waals surface area contributed by atoms with E-state index in [0.717, 1.165) is 25.1 Å². The molecule has 1 unspecified atom stereocenters. The molecule has 0 bridgehead atoms. The number of carbonyl (C=O) groups is 1. The normalized spacial score (nSPS) is 19.1. The summed E-state index contributed by atoms with van der Waals surface area (Å²) in [5.41, 5.74) is 3.93. The van der Waals surface area contributed by atoms with Gasteiger partial charge in [-0.15, -0.1) is 11.8 Å². The van der Waals surface area contributed by atoms with Gasteiger partial charge < -0.3 is 4.90 Å². The molecule has 20 heavy (non-hydrogen) atoms. The number of likely N-dealkylation sites (tertiary alicyclic amines) is 1. The predicted octanol–water partition coefficient (Wildman–Crippen LogP) is 3.94. The van der Waals surface area contributed by atoms with E-state index >= 15 is 0 Å². The maximum absolute atomic E-state index is 12.2. The summed E-state index contributed by atoms with van der Waals surface area (Å²) in [6.07, 6.45) is 3.59. The summed E-state index contributed by atoms with van der Waals surface area (Å²) in [6.45, 7) is 7.37. The first-order chi connectivity index (χ1) is 9.56. The van der Waals surface area contributed by atoms with E-state index in [2.05, 4.69) is 43.9 Å². The SMILES string of the molecule is Cc1cc(C)cc(CSCC(=O)N2CCCCC2C)c1. The largest absolute Gasteiger partial charge is 0.339 e. The fourth-order valence-corrected chi connectivity index (χ4v) is 3.80. The Kier molecular flexibility index (Phi) is 5.53. The van der Waals surface area contributed by atoms with Crippen LogP contribution >= 0.6 is 11.8 Å². The highest BCUT2D eigenvalue weighted by Crippen LogP contribution is 2.20. The first-order valence-electron chi connectivity index (χ1n) is 7.50. The van der Waals surface area contributed by atoms with Crippen molar-refractivity contribution in [1.82, 2.24) is 4.90 Å². The van der Waals surface area contributed by atoms with Gasteiger partial charge in [0.2, 0.25) is 5.91 Å². The number of hydrogen-bond acceptors (Lipinski definition) is 2. The van der Waals surface area contributed by atoms with E-state index in [-0.39, 0.29) is 0 Å². The molecule has 1 aliphatic rings. The first kappa shape index (κ1) is 15.4. The Labute approximate surface area is 126 Å². The van der Waals surface area contributed by atoms with Crippen LogP contribution in [0.1, 0.15) is 42.9 Å². The zero-order chi connectivity index (χ0) is 14.5. The molecule has 0 aliphatic carbocycles. The molecule has 1 heterocycles. The van der Waals surface area contributed by atoms with Gasteiger partial charge in [-0.2, -0.15) is 0 Å². The van der Waals surface area contributed by atoms with Gasteiger partial charge in [-0.05, 0) is 45.6 Å². The van der Waals surface area contributed by atoms with E-state index < -0.39 is 0 Å². The third kappa shape index (κ3) is 4.27. The number of benzene rings is 1. The first-order valence-corrected chi connectivity index (χ1v) is 8.66. The molecule has 0 spiro atoms. The molecule has 0 N–H and O–H groups in total. The lowest BCUT2D eigenvalue weighted by Gasteiger charge is -2.33. The second kappa shape index (κ2) is 7.16. The van der Waals surface area contributed by atoms with Gasteiger partial charge in [0.15, 0.2) is 0 Å². The number of carbonyl (C=O) groups excluding carboxylic acids is 1. The number of aryl methyl sites for hydroxylation is 2. The molecule has 1 aromatic carbocycles. The number of thioether (sulfide) groups is 1. The molecule has 1 aliphatic heterocycles. The van der Waals surface area contributed by atoms with Gasteiger partial charge >= 0.3 is 0 Å². The van der Waals surface area contributed by atoms with Gasteiger partial charge in [-0.3, -0.25) is 4.79 Å². The van der Waals surface area contributed by atoms with Crippen LogP contribution in [-0.2, 0) is 10.5 Å². The highest BCUT2D eigenvalue weighted by Gasteiger charge is 2.22. The zero-order valence-corrected chi connectivity index (χ0v) is 13.6. The number of piperidine rings is 1. The van der Waals surface area contributed by atoms with Crippen LogP contribution in [0.5, 0.6) is 0 Å². The monoisotopic (exact) mass is 291 g/mol. The van der Waals surface area contributed by atoms with E-state index in [4.69, 9.17) is 0 Å². The van der Waals surface area contributed by atoms with Crippen LogP contribution in [0.25, 0.3) is 0 Å². The topological polar surface area (TPSA) is 20.3 Å². The number of hydrogen-bond donors (Lipinski definition) is 0. The van der Waals surface area contributed by atoms with Crippen LogP contribution < -0.4 is 0 Å². The van der Waals surface area contributed by atoms with Gasteiger partial charge in [-0.25, -0.2) is 0 Å². The molecule has 2 nitrogen and oxygen atoms in total. The quantitative estimate of drug-likeness (QED) is 0.837. The maximum atomic E-state index is 12.2. The summed E-state index contributed by atoms with van der Waals surface area (Å²) in [4.78, 5) is 14.3. The average molecular weight is 291 g/mol. The summed E-state index contributed by atoms with van der Waals surface area (Å²) in [7, 11) is 0. The van der Waals surface area contributed by atoms with Crippen LogP contribution in [0.15, 0.2) is 18.2 Å². The van der Waals surface area contributed by atoms with Crippen molar-refractivity contribution in [2.75, 3.05) is 12.3 Å². The van der Waals surface area contributed by atoms with Crippen molar-refractivity contribution in [3.8, 4) is 0 Å². The zero-order valence-electron chi connectivity index (χ0n) is 12.8. The summed E-state index contributed by atoms with van der Waals surface area (Å²) < 4.78 is 0. The van der Waals surface area contributed by atoms with Crippen LogP contribution in [0.4, 0.5) is 0 Å². The van der Waals surface area contributed by atoms with Crippen LogP contribution in [0.3, 0.4) is 0 Å². The molecule has 0 radical (unpaired) electrons. The van der Waals surface area contributed by atoms with E-state index in [1.165, 1.54) is 23.1 Å². The molecule has 1 aromatic rings. The number of nitrogens with zero attached hydrogens (tertiary/aromatic N) is 1. The smallest absolute Gasteiger partial charge is 0.232 e. The van der Waals surface area contributed by atoms with Crippen molar-refractivity contribution in [2.24, 2.45) is 0 Å². The molecule has 0 saturated carbocycles. The van der Waals surface area contributed by atoms with Crippen molar-refractivity contribution >= 4 is 17.7 Å². The van der Waals surface area contributed by atoms with Gasteiger partial charge in [0.05, 0.1) is 5.75 Å². The minimum atomic E-state index is 0.312. The van der Waals surface area contributed by atoms with E-state index in [9.17, 15) is 4.79 Å². The van der Waals surface area contributed by atoms with Crippen molar-refractivity contribution < 1.29 is 4.79 Å². The molecule has 1 atom stereocenters. The molecular weight excluding hydrogens is 266 g/mol. The Balaban J connectivity index is 1.81. The summed E-state index contributed by atoms with van der Waals surface area (Å²) in [6, 6.07) is 7.05. The van der Waals surface area contributed by atoms with Crippen molar-refractivity contribution in [3.05, 3.63) is 34.9 Å². The predicted molar refractivity (Wildman–Crippen MR) is 87.1 cm³/mol. The Morgan fingerprint density at radius 3 is 2.60 bits per heavy atom. The second-order valence-corrected chi connectivity index (χ2v) is 6.91. The highest BCUT2D eigenvalue weighted by atomic mass is 32.2. The maximum Gasteiger partial charge on any atom is 0.232 e. The summed E-state index contributed by atoms with van der Waals surface area (Å²) in [5.74, 6) is 1.85. The molecule has 1 amide bonds. The summed E-state index contributed by atoms with van der Waals surface area (Å²) >= 11 is 1.74. The van der Waals surface area contributed by atoms with Gasteiger partial charge in [0.25, 0.3) is 0 Å². The minimum Gasteiger partial charge on any atom is -0.339 e. The van der Waals surface area contributed by atoms with E-state index in [0.29, 0.717) is 17.7 Å². The van der Waals surface area contributed by atoms with Gasteiger partial charge in [-0.1, -0.05) is 29.3 Å². The van der Waals surface area contributed by atoms with Gasteiger partial charge in [0, 0.05) is 18.3 Å². The fourth-order valence-electron chi connectivity index (χ4n) is 2.96. The molecule has 2 rings (SSSR count). The second-order valence-electron chi connectivity index (χ2n) is 5.92. The fraction of sp³-hybridized carbons (Fsp3) is 0.588. The number of amides is 1. The number of rotatable bonds is 4. The average Bonchev–Trinajstić information content (AvgIpc) is 2.38. The van der Waals surface area contributed by atoms with E-state index in [1.54, 1.807) is 11.8 Å².